The number of nitrogens with zero attached hydrogens (tertiary/aromatic N) is 3. The average Bonchev–Trinajstić information content (AvgIpc) is 3.48. The number of benzene rings is 1. The molecule has 9 heteroatoms. The van der Waals surface area contributed by atoms with Crippen LogP contribution in [0.25, 0.3) is 33.0 Å². The Balaban J connectivity index is 1.43. The van der Waals surface area contributed by atoms with E-state index in [-0.39, 0.29) is 10.8 Å². The smallest absolute Gasteiger partial charge is 0.277 e. The van der Waals surface area contributed by atoms with Crippen molar-refractivity contribution in [2.24, 2.45) is 0 Å². The molecule has 0 aliphatic heterocycles. The summed E-state index contributed by atoms with van der Waals surface area (Å²) in [7, 11) is 0. The number of aromatic amines is 1. The highest BCUT2D eigenvalue weighted by Gasteiger charge is 2.20. The van der Waals surface area contributed by atoms with Crippen molar-refractivity contribution in [3.63, 3.8) is 0 Å². The molecule has 1 N–H and O–H groups in total. The first-order chi connectivity index (χ1) is 14.6. The first-order valence-corrected chi connectivity index (χ1v) is 11.0. The number of furan rings is 1. The second-order valence-electron chi connectivity index (χ2n) is 6.71. The van der Waals surface area contributed by atoms with E-state index in [2.05, 4.69) is 20.2 Å². The Labute approximate surface area is 179 Å². The van der Waals surface area contributed by atoms with Crippen molar-refractivity contribution in [2.45, 2.75) is 24.3 Å². The summed E-state index contributed by atoms with van der Waals surface area (Å²) in [6.07, 6.45) is 1.59. The minimum atomic E-state index is -0.193. The molecule has 5 aromatic rings. The fourth-order valence-corrected chi connectivity index (χ4v) is 4.83. The van der Waals surface area contributed by atoms with Crippen LogP contribution in [0.3, 0.4) is 0 Å². The largest absolute Gasteiger partial charge is 0.464 e. The lowest BCUT2D eigenvalue weighted by Crippen LogP contribution is -2.12. The third kappa shape index (κ3) is 3.35. The minimum Gasteiger partial charge on any atom is -0.464 e. The van der Waals surface area contributed by atoms with Crippen molar-refractivity contribution in [1.82, 2.24) is 20.2 Å². The molecule has 0 aliphatic carbocycles. The Bertz CT molecular complexity index is 1390. The van der Waals surface area contributed by atoms with Gasteiger partial charge in [0.05, 0.1) is 16.9 Å². The van der Waals surface area contributed by atoms with Gasteiger partial charge in [0.1, 0.15) is 16.4 Å². The molecule has 0 spiro atoms. The van der Waals surface area contributed by atoms with Gasteiger partial charge in [-0.05, 0) is 37.6 Å². The molecule has 0 bridgehead atoms. The first kappa shape index (κ1) is 18.8. The number of nitrogens with one attached hydrogen (secondary N) is 1. The average molecular weight is 437 g/mol. The molecule has 0 radical (unpaired) electrons. The molecule has 7 nitrogen and oxygen atoms in total. The molecule has 0 unspecified atom stereocenters. The van der Waals surface area contributed by atoms with Gasteiger partial charge in [0.2, 0.25) is 5.89 Å². The summed E-state index contributed by atoms with van der Waals surface area (Å²) in [6, 6.07) is 11.5. The topological polar surface area (TPSA) is 97.8 Å². The minimum absolute atomic E-state index is 0.179. The van der Waals surface area contributed by atoms with Crippen LogP contribution in [-0.2, 0) is 0 Å². The van der Waals surface area contributed by atoms with E-state index in [1.807, 2.05) is 49.6 Å². The monoisotopic (exact) mass is 436 g/mol. The predicted molar refractivity (Wildman–Crippen MR) is 117 cm³/mol. The molecule has 4 heterocycles. The second-order valence-corrected chi connectivity index (χ2v) is 8.86. The summed E-state index contributed by atoms with van der Waals surface area (Å²) in [4.78, 5) is 21.0. The van der Waals surface area contributed by atoms with Crippen LogP contribution >= 0.6 is 23.1 Å². The predicted octanol–water partition coefficient (Wildman–Crippen LogP) is 5.46. The van der Waals surface area contributed by atoms with Crippen LogP contribution in [-0.4, -0.2) is 20.2 Å². The number of fused-ring (bicyclic) bond motifs is 1. The molecule has 30 heavy (non-hydrogen) atoms. The molecule has 0 fully saturated rings. The highest BCUT2D eigenvalue weighted by atomic mass is 32.2. The zero-order valence-corrected chi connectivity index (χ0v) is 17.7. The molecule has 0 amide bonds. The van der Waals surface area contributed by atoms with Crippen molar-refractivity contribution in [1.29, 1.82) is 0 Å². The van der Waals surface area contributed by atoms with E-state index in [1.54, 1.807) is 12.3 Å². The molecule has 0 saturated heterocycles. The van der Waals surface area contributed by atoms with Gasteiger partial charge in [0, 0.05) is 16.5 Å². The van der Waals surface area contributed by atoms with Crippen molar-refractivity contribution in [3.8, 4) is 22.8 Å². The summed E-state index contributed by atoms with van der Waals surface area (Å²) >= 11 is 2.77. The number of thiophene rings is 1. The van der Waals surface area contributed by atoms with Gasteiger partial charge in [0.25, 0.3) is 10.8 Å². The highest BCUT2D eigenvalue weighted by molar-refractivity contribution is 7.99. The molecule has 150 valence electrons. The van der Waals surface area contributed by atoms with Crippen LogP contribution in [0, 0.1) is 6.92 Å². The molecule has 5 rings (SSSR count). The second kappa shape index (κ2) is 7.58. The summed E-state index contributed by atoms with van der Waals surface area (Å²) in [5, 5.41) is 11.0. The molecular formula is C21H16N4O3S2. The van der Waals surface area contributed by atoms with Gasteiger partial charge in [0.15, 0.2) is 0 Å². The van der Waals surface area contributed by atoms with Crippen LogP contribution in [0.2, 0.25) is 0 Å². The fraction of sp³-hybridized carbons (Fsp3) is 0.143. The van der Waals surface area contributed by atoms with E-state index in [1.165, 1.54) is 23.1 Å². The van der Waals surface area contributed by atoms with E-state index < -0.39 is 0 Å². The van der Waals surface area contributed by atoms with Crippen LogP contribution in [0.15, 0.2) is 66.9 Å². The lowest BCUT2D eigenvalue weighted by Gasteiger charge is -2.07. The van der Waals surface area contributed by atoms with Gasteiger partial charge in [-0.25, -0.2) is 4.98 Å². The number of thioether (sulfide) groups is 1. The summed E-state index contributed by atoms with van der Waals surface area (Å²) in [5.41, 5.74) is 2.52. The molecule has 4 aromatic heterocycles. The molecule has 0 aliphatic rings. The molecule has 1 atom stereocenters. The Hall–Kier alpha value is -3.17. The van der Waals surface area contributed by atoms with Gasteiger partial charge in [-0.2, -0.15) is 0 Å². The Kier molecular flexibility index (Phi) is 4.76. The quantitative estimate of drug-likeness (QED) is 0.365. The molecular weight excluding hydrogens is 420 g/mol. The maximum absolute atomic E-state index is 12.8. The molecule has 1 aromatic carbocycles. The maximum atomic E-state index is 12.8. The standard InChI is InChI=1S/C21H16N4O3S2/c1-11-6-3-4-7-13(11)19-24-25-21(28-19)30-12(2)17-22-18(26)16-14(10-29-20(16)23-17)15-8-5-9-27-15/h3-10,12H,1-2H3,(H,22,23,26)/t12-/m0/s1. The summed E-state index contributed by atoms with van der Waals surface area (Å²) < 4.78 is 11.3. The lowest BCUT2D eigenvalue weighted by atomic mass is 10.1. The zero-order chi connectivity index (χ0) is 20.7. The fourth-order valence-electron chi connectivity index (χ4n) is 3.16. The van der Waals surface area contributed by atoms with Gasteiger partial charge in [-0.15, -0.1) is 21.5 Å². The van der Waals surface area contributed by atoms with E-state index >= 15 is 0 Å². The number of aryl methyl sites for hydroxylation is 1. The number of aromatic nitrogens is 4. The Morgan fingerprint density at radius 1 is 1.13 bits per heavy atom. The lowest BCUT2D eigenvalue weighted by molar-refractivity contribution is 0.464. The maximum Gasteiger partial charge on any atom is 0.277 e. The van der Waals surface area contributed by atoms with Crippen LogP contribution in [0.1, 0.15) is 23.6 Å². The third-order valence-corrected chi connectivity index (χ3v) is 6.51. The van der Waals surface area contributed by atoms with Gasteiger partial charge in [-0.1, -0.05) is 30.0 Å². The third-order valence-electron chi connectivity index (χ3n) is 4.69. The van der Waals surface area contributed by atoms with Crippen molar-refractivity contribution >= 4 is 33.3 Å². The number of H-pyrrole nitrogens is 1. The Morgan fingerprint density at radius 3 is 2.80 bits per heavy atom. The Morgan fingerprint density at radius 2 is 2.00 bits per heavy atom. The SMILES string of the molecule is Cc1ccccc1-c1nnc(S[C@@H](C)c2nc3scc(-c4ccco4)c3c(=O)[nH]2)o1. The number of hydrogen-bond donors (Lipinski definition) is 1. The van der Waals surface area contributed by atoms with E-state index in [4.69, 9.17) is 8.83 Å². The van der Waals surface area contributed by atoms with E-state index in [0.29, 0.717) is 32.9 Å². The van der Waals surface area contributed by atoms with Crippen LogP contribution in [0.5, 0.6) is 0 Å². The van der Waals surface area contributed by atoms with Crippen molar-refractivity contribution in [2.75, 3.05) is 0 Å². The van der Waals surface area contributed by atoms with E-state index in [0.717, 1.165) is 16.7 Å². The summed E-state index contributed by atoms with van der Waals surface area (Å²) in [5.74, 6) is 1.68. The van der Waals surface area contributed by atoms with Gasteiger partial charge in [-0.3, -0.25) is 4.79 Å². The van der Waals surface area contributed by atoms with Gasteiger partial charge >= 0.3 is 0 Å². The van der Waals surface area contributed by atoms with Gasteiger partial charge < -0.3 is 13.8 Å². The first-order valence-electron chi connectivity index (χ1n) is 9.21. The molecule has 0 saturated carbocycles. The van der Waals surface area contributed by atoms with E-state index in [9.17, 15) is 4.79 Å². The van der Waals surface area contributed by atoms with Crippen molar-refractivity contribution in [3.05, 3.63) is 69.8 Å². The number of rotatable bonds is 5. The normalized spacial score (nSPS) is 12.5. The highest BCUT2D eigenvalue weighted by Crippen LogP contribution is 2.36. The number of hydrogen-bond acceptors (Lipinski definition) is 8. The van der Waals surface area contributed by atoms with Crippen LogP contribution in [0.4, 0.5) is 0 Å². The van der Waals surface area contributed by atoms with Crippen LogP contribution < -0.4 is 5.56 Å². The zero-order valence-electron chi connectivity index (χ0n) is 16.1. The summed E-state index contributed by atoms with van der Waals surface area (Å²) in [6.45, 7) is 3.93. The van der Waals surface area contributed by atoms with Crippen molar-refractivity contribution < 1.29 is 8.83 Å².